The summed E-state index contributed by atoms with van der Waals surface area (Å²) >= 11 is 0. The van der Waals surface area contributed by atoms with Gasteiger partial charge in [-0.3, -0.25) is 5.32 Å². The fourth-order valence-corrected chi connectivity index (χ4v) is 3.46. The summed E-state index contributed by atoms with van der Waals surface area (Å²) in [5, 5.41) is 19.2. The highest BCUT2D eigenvalue weighted by Gasteiger charge is 2.15. The minimum atomic E-state index is -0.737. The van der Waals surface area contributed by atoms with Crippen LogP contribution in [0.15, 0.2) is 60.8 Å². The second kappa shape index (κ2) is 7.88. The van der Waals surface area contributed by atoms with E-state index in [2.05, 4.69) is 27.8 Å². The molecule has 5 nitrogen and oxygen atoms in total. The van der Waals surface area contributed by atoms with Gasteiger partial charge in [0.15, 0.2) is 0 Å². The zero-order valence-corrected chi connectivity index (χ0v) is 15.4. The first-order valence-electron chi connectivity index (χ1n) is 9.30. The van der Waals surface area contributed by atoms with E-state index < -0.39 is 6.23 Å². The number of aliphatic hydroxyl groups excluding tert-OH is 1. The molecule has 1 unspecified atom stereocenters. The quantitative estimate of drug-likeness (QED) is 0.300. The van der Waals surface area contributed by atoms with Crippen LogP contribution in [0.4, 0.5) is 0 Å². The molecule has 5 heteroatoms. The largest absolute Gasteiger partial charge is 0.374 e. The standard InChI is InChI=1S/C22H24N4O/c1-23-11-6-12-24-22(27)17-13-21(26-20-10-5-3-7-15(17)20)18-14-25-19-9-4-2-8-16(18)19/h2-5,7-10,13-14,22-25,27H,6,11-12H2,1H3. The van der Waals surface area contributed by atoms with Gasteiger partial charge in [0.1, 0.15) is 6.23 Å². The molecule has 0 saturated heterocycles. The van der Waals surface area contributed by atoms with Gasteiger partial charge in [-0.05, 0) is 44.8 Å². The normalized spacial score (nSPS) is 12.7. The minimum absolute atomic E-state index is 0.737. The first-order chi connectivity index (χ1) is 13.3. The second-order valence-electron chi connectivity index (χ2n) is 6.68. The molecule has 4 N–H and O–H groups in total. The van der Waals surface area contributed by atoms with E-state index in [1.165, 1.54) is 0 Å². The zero-order chi connectivity index (χ0) is 18.6. The predicted molar refractivity (Wildman–Crippen MR) is 111 cm³/mol. The van der Waals surface area contributed by atoms with Crippen LogP contribution in [0.2, 0.25) is 0 Å². The molecule has 0 amide bonds. The van der Waals surface area contributed by atoms with Gasteiger partial charge in [-0.1, -0.05) is 36.4 Å². The van der Waals surface area contributed by atoms with Crippen LogP contribution in [-0.2, 0) is 0 Å². The highest BCUT2D eigenvalue weighted by molar-refractivity contribution is 5.96. The van der Waals surface area contributed by atoms with Crippen LogP contribution in [0.3, 0.4) is 0 Å². The Morgan fingerprint density at radius 2 is 1.81 bits per heavy atom. The number of aromatic amines is 1. The van der Waals surface area contributed by atoms with Gasteiger partial charge in [0.2, 0.25) is 0 Å². The molecule has 0 bridgehead atoms. The summed E-state index contributed by atoms with van der Waals surface area (Å²) in [6.45, 7) is 1.65. The lowest BCUT2D eigenvalue weighted by Crippen LogP contribution is -2.24. The summed E-state index contributed by atoms with van der Waals surface area (Å²) in [4.78, 5) is 8.16. The Kier molecular flexibility index (Phi) is 5.16. The number of aromatic nitrogens is 2. The van der Waals surface area contributed by atoms with Crippen LogP contribution < -0.4 is 10.6 Å². The Bertz CT molecular complexity index is 1060. The third kappa shape index (κ3) is 3.57. The van der Waals surface area contributed by atoms with Gasteiger partial charge in [0.25, 0.3) is 0 Å². The van der Waals surface area contributed by atoms with Crippen molar-refractivity contribution < 1.29 is 5.11 Å². The van der Waals surface area contributed by atoms with Crippen LogP contribution in [0.25, 0.3) is 33.1 Å². The van der Waals surface area contributed by atoms with Gasteiger partial charge in [0, 0.05) is 33.6 Å². The lowest BCUT2D eigenvalue weighted by molar-refractivity contribution is 0.140. The molecule has 1 atom stereocenters. The van der Waals surface area contributed by atoms with Crippen molar-refractivity contribution >= 4 is 21.8 Å². The molecule has 0 spiro atoms. The number of rotatable bonds is 7. The van der Waals surface area contributed by atoms with E-state index in [1.807, 2.05) is 55.7 Å². The molecule has 0 aliphatic heterocycles. The second-order valence-corrected chi connectivity index (χ2v) is 6.68. The fourth-order valence-electron chi connectivity index (χ4n) is 3.46. The predicted octanol–water partition coefficient (Wildman–Crippen LogP) is 3.57. The Balaban J connectivity index is 1.76. The van der Waals surface area contributed by atoms with Crippen molar-refractivity contribution in [2.24, 2.45) is 0 Å². The highest BCUT2D eigenvalue weighted by atomic mass is 16.3. The van der Waals surface area contributed by atoms with E-state index in [4.69, 9.17) is 4.98 Å². The molecule has 4 aromatic rings. The van der Waals surface area contributed by atoms with Crippen molar-refractivity contribution in [1.29, 1.82) is 0 Å². The van der Waals surface area contributed by atoms with Crippen molar-refractivity contribution in [1.82, 2.24) is 20.6 Å². The summed E-state index contributed by atoms with van der Waals surface area (Å²) in [5.74, 6) is 0. The summed E-state index contributed by atoms with van der Waals surface area (Å²) in [5.41, 5.74) is 4.71. The maximum atomic E-state index is 10.8. The average molecular weight is 360 g/mol. The first-order valence-corrected chi connectivity index (χ1v) is 9.30. The molecule has 2 aromatic carbocycles. The lowest BCUT2D eigenvalue weighted by atomic mass is 10.0. The van der Waals surface area contributed by atoms with Crippen LogP contribution >= 0.6 is 0 Å². The van der Waals surface area contributed by atoms with Crippen LogP contribution in [0.5, 0.6) is 0 Å². The number of nitrogens with zero attached hydrogens (tertiary/aromatic N) is 1. The topological polar surface area (TPSA) is 73.0 Å². The molecule has 0 aliphatic rings. The van der Waals surface area contributed by atoms with Crippen molar-refractivity contribution in [3.05, 3.63) is 66.4 Å². The number of hydrogen-bond acceptors (Lipinski definition) is 4. The number of pyridine rings is 1. The van der Waals surface area contributed by atoms with Gasteiger partial charge >= 0.3 is 0 Å². The average Bonchev–Trinajstić information content (AvgIpc) is 3.14. The summed E-state index contributed by atoms with van der Waals surface area (Å²) in [7, 11) is 1.93. The van der Waals surface area contributed by atoms with E-state index >= 15 is 0 Å². The van der Waals surface area contributed by atoms with Gasteiger partial charge in [-0.25, -0.2) is 4.98 Å². The number of hydrogen-bond donors (Lipinski definition) is 4. The number of aliphatic hydroxyl groups is 1. The molecule has 2 heterocycles. The first kappa shape index (κ1) is 17.7. The van der Waals surface area contributed by atoms with E-state index in [1.54, 1.807) is 0 Å². The molecule has 138 valence electrons. The van der Waals surface area contributed by atoms with Crippen molar-refractivity contribution in [3.8, 4) is 11.3 Å². The van der Waals surface area contributed by atoms with Crippen molar-refractivity contribution in [2.45, 2.75) is 12.6 Å². The van der Waals surface area contributed by atoms with Gasteiger partial charge in [-0.15, -0.1) is 0 Å². The smallest absolute Gasteiger partial charge is 0.131 e. The number of benzene rings is 2. The summed E-state index contributed by atoms with van der Waals surface area (Å²) in [6.07, 6.45) is 2.20. The third-order valence-corrected chi connectivity index (χ3v) is 4.85. The van der Waals surface area contributed by atoms with Crippen LogP contribution in [0, 0.1) is 0 Å². The van der Waals surface area contributed by atoms with Gasteiger partial charge in [0.05, 0.1) is 11.2 Å². The molecular weight excluding hydrogens is 336 g/mol. The molecule has 0 fully saturated rings. The summed E-state index contributed by atoms with van der Waals surface area (Å²) < 4.78 is 0. The van der Waals surface area contributed by atoms with Crippen molar-refractivity contribution in [3.63, 3.8) is 0 Å². The van der Waals surface area contributed by atoms with E-state index in [0.717, 1.165) is 58.1 Å². The van der Waals surface area contributed by atoms with Crippen molar-refractivity contribution in [2.75, 3.05) is 20.1 Å². The van der Waals surface area contributed by atoms with Gasteiger partial charge in [-0.2, -0.15) is 0 Å². The molecule has 0 saturated carbocycles. The monoisotopic (exact) mass is 360 g/mol. The Morgan fingerprint density at radius 3 is 2.67 bits per heavy atom. The highest BCUT2D eigenvalue weighted by Crippen LogP contribution is 2.32. The van der Waals surface area contributed by atoms with Crippen LogP contribution in [-0.4, -0.2) is 35.2 Å². The van der Waals surface area contributed by atoms with E-state index in [-0.39, 0.29) is 0 Å². The fraction of sp³-hybridized carbons (Fsp3) is 0.227. The Morgan fingerprint density at radius 1 is 1.04 bits per heavy atom. The number of nitrogens with one attached hydrogen (secondary N) is 3. The molecule has 0 aliphatic carbocycles. The lowest BCUT2D eigenvalue weighted by Gasteiger charge is -2.16. The molecule has 0 radical (unpaired) electrons. The van der Waals surface area contributed by atoms with Gasteiger partial charge < -0.3 is 15.4 Å². The minimum Gasteiger partial charge on any atom is -0.374 e. The van der Waals surface area contributed by atoms with E-state index in [9.17, 15) is 5.11 Å². The third-order valence-electron chi connectivity index (χ3n) is 4.85. The molecule has 2 aromatic heterocycles. The molecule has 27 heavy (non-hydrogen) atoms. The maximum Gasteiger partial charge on any atom is 0.131 e. The Labute approximate surface area is 158 Å². The van der Waals surface area contributed by atoms with Crippen LogP contribution in [0.1, 0.15) is 18.2 Å². The zero-order valence-electron chi connectivity index (χ0n) is 15.4. The molecular formula is C22H24N4O. The number of fused-ring (bicyclic) bond motifs is 2. The summed E-state index contributed by atoms with van der Waals surface area (Å²) in [6, 6.07) is 18.1. The van der Waals surface area contributed by atoms with E-state index in [0.29, 0.717) is 0 Å². The maximum absolute atomic E-state index is 10.8. The number of para-hydroxylation sites is 2. The number of H-pyrrole nitrogens is 1. The SMILES string of the molecule is CNCCCNC(O)c1cc(-c2c[nH]c3ccccc23)nc2ccccc12. The molecule has 4 rings (SSSR count). The Hall–Kier alpha value is -2.73.